The largest absolute Gasteiger partial charge is 0.352 e. The van der Waals surface area contributed by atoms with Crippen LogP contribution in [0.5, 0.6) is 0 Å². The third-order valence-corrected chi connectivity index (χ3v) is 6.04. The van der Waals surface area contributed by atoms with Crippen LogP contribution in [0.1, 0.15) is 21.5 Å². The Bertz CT molecular complexity index is 1150. The predicted molar refractivity (Wildman–Crippen MR) is 121 cm³/mol. The second-order valence-electron chi connectivity index (χ2n) is 7.08. The minimum absolute atomic E-state index is 0.0285. The van der Waals surface area contributed by atoms with Gasteiger partial charge in [0.05, 0.1) is 18.5 Å². The van der Waals surface area contributed by atoms with E-state index in [1.165, 1.54) is 24.3 Å². The quantitative estimate of drug-likeness (QED) is 0.541. The lowest BCUT2D eigenvalue weighted by molar-refractivity contribution is 0.0954. The van der Waals surface area contributed by atoms with E-state index in [1.54, 1.807) is 36.4 Å². The summed E-state index contributed by atoms with van der Waals surface area (Å²) < 4.78 is 39.1. The van der Waals surface area contributed by atoms with Crippen LogP contribution in [0, 0.1) is 5.82 Å². The van der Waals surface area contributed by atoms with Crippen LogP contribution in [0.25, 0.3) is 0 Å². The van der Waals surface area contributed by atoms with Crippen LogP contribution >= 0.6 is 11.6 Å². The molecule has 5 nitrogen and oxygen atoms in total. The van der Waals surface area contributed by atoms with Gasteiger partial charge in [-0.25, -0.2) is 12.8 Å². The highest BCUT2D eigenvalue weighted by atomic mass is 35.5. The molecule has 3 aromatic rings. The molecule has 0 aliphatic carbocycles. The van der Waals surface area contributed by atoms with E-state index in [1.807, 2.05) is 12.1 Å². The number of carbonyl (C=O) groups is 1. The van der Waals surface area contributed by atoms with Crippen molar-refractivity contribution in [2.75, 3.05) is 17.1 Å². The molecule has 1 amide bonds. The molecular formula is C23H22ClFN2O3S. The fraction of sp³-hybridized carbons (Fsp3) is 0.174. The summed E-state index contributed by atoms with van der Waals surface area (Å²) in [5, 5.41) is 3.53. The van der Waals surface area contributed by atoms with Gasteiger partial charge in [0.25, 0.3) is 5.91 Å². The van der Waals surface area contributed by atoms with Crippen molar-refractivity contribution in [1.29, 1.82) is 0 Å². The lowest BCUT2D eigenvalue weighted by atomic mass is 10.1. The number of amides is 1. The number of carbonyl (C=O) groups excluding carboxylic acids is 1. The number of anilines is 1. The average Bonchev–Trinajstić information content (AvgIpc) is 2.73. The van der Waals surface area contributed by atoms with Gasteiger partial charge in [0.2, 0.25) is 10.0 Å². The monoisotopic (exact) mass is 460 g/mol. The van der Waals surface area contributed by atoms with Gasteiger partial charge >= 0.3 is 0 Å². The highest BCUT2D eigenvalue weighted by Crippen LogP contribution is 2.21. The topological polar surface area (TPSA) is 66.5 Å². The Morgan fingerprint density at radius 2 is 1.65 bits per heavy atom. The fourth-order valence-electron chi connectivity index (χ4n) is 3.03. The van der Waals surface area contributed by atoms with Crippen molar-refractivity contribution in [3.8, 4) is 0 Å². The molecule has 0 atom stereocenters. The molecule has 0 radical (unpaired) electrons. The molecule has 8 heteroatoms. The highest BCUT2D eigenvalue weighted by molar-refractivity contribution is 7.92. The van der Waals surface area contributed by atoms with E-state index >= 15 is 0 Å². The Morgan fingerprint density at radius 3 is 2.26 bits per heavy atom. The number of rotatable bonds is 8. The minimum Gasteiger partial charge on any atom is -0.352 e. The van der Waals surface area contributed by atoms with Crippen molar-refractivity contribution in [3.63, 3.8) is 0 Å². The summed E-state index contributed by atoms with van der Waals surface area (Å²) in [6.07, 6.45) is 1.75. The third kappa shape index (κ3) is 6.54. The van der Waals surface area contributed by atoms with Gasteiger partial charge in [-0.05, 0) is 60.0 Å². The van der Waals surface area contributed by atoms with Crippen molar-refractivity contribution >= 4 is 33.2 Å². The van der Waals surface area contributed by atoms with Gasteiger partial charge in [-0.3, -0.25) is 9.10 Å². The lowest BCUT2D eigenvalue weighted by Gasteiger charge is -2.22. The second kappa shape index (κ2) is 9.94. The van der Waals surface area contributed by atoms with Crippen LogP contribution in [0.2, 0.25) is 5.02 Å². The van der Waals surface area contributed by atoms with E-state index in [-0.39, 0.29) is 18.1 Å². The van der Waals surface area contributed by atoms with Gasteiger partial charge in [0, 0.05) is 17.1 Å². The van der Waals surface area contributed by atoms with E-state index in [4.69, 9.17) is 11.6 Å². The minimum atomic E-state index is -3.62. The van der Waals surface area contributed by atoms with Crippen molar-refractivity contribution in [1.82, 2.24) is 5.32 Å². The Morgan fingerprint density at radius 1 is 1.00 bits per heavy atom. The average molecular weight is 461 g/mol. The summed E-state index contributed by atoms with van der Waals surface area (Å²) in [6, 6.07) is 19.5. The molecule has 0 saturated heterocycles. The third-order valence-electron chi connectivity index (χ3n) is 4.65. The molecule has 31 heavy (non-hydrogen) atoms. The summed E-state index contributed by atoms with van der Waals surface area (Å²) in [4.78, 5) is 12.4. The molecule has 3 rings (SSSR count). The molecule has 0 aliphatic heterocycles. The molecule has 0 unspecified atom stereocenters. The normalized spacial score (nSPS) is 11.2. The first kappa shape index (κ1) is 22.8. The standard InChI is InChI=1S/C23H22ClFN2O3S/c1-31(29,30)27(22-4-2-3-21(25)15-22)16-18-5-9-19(10-6-18)23(28)26-14-13-17-7-11-20(24)12-8-17/h2-12,15H,13-14,16H2,1H3,(H,26,28). The van der Waals surface area contributed by atoms with Crippen molar-refractivity contribution in [2.24, 2.45) is 0 Å². The number of benzene rings is 3. The fourth-order valence-corrected chi connectivity index (χ4v) is 4.04. The summed E-state index contributed by atoms with van der Waals surface area (Å²) in [5.41, 5.74) is 2.45. The zero-order valence-electron chi connectivity index (χ0n) is 16.9. The van der Waals surface area contributed by atoms with Crippen LogP contribution < -0.4 is 9.62 Å². The number of nitrogens with zero attached hydrogens (tertiary/aromatic N) is 1. The zero-order valence-corrected chi connectivity index (χ0v) is 18.5. The molecule has 0 spiro atoms. The SMILES string of the molecule is CS(=O)(=O)N(Cc1ccc(C(=O)NCCc2ccc(Cl)cc2)cc1)c1cccc(F)c1. The number of hydrogen-bond acceptors (Lipinski definition) is 3. The molecular weight excluding hydrogens is 439 g/mol. The lowest BCUT2D eigenvalue weighted by Crippen LogP contribution is -2.29. The molecule has 0 heterocycles. The maximum absolute atomic E-state index is 13.6. The Balaban J connectivity index is 1.63. The van der Waals surface area contributed by atoms with E-state index in [2.05, 4.69) is 5.32 Å². The second-order valence-corrected chi connectivity index (χ2v) is 9.42. The van der Waals surface area contributed by atoms with Gasteiger partial charge in [-0.2, -0.15) is 0 Å². The van der Waals surface area contributed by atoms with Crippen molar-refractivity contribution in [2.45, 2.75) is 13.0 Å². The van der Waals surface area contributed by atoms with E-state index < -0.39 is 15.8 Å². The maximum atomic E-state index is 13.6. The number of halogens is 2. The first-order chi connectivity index (χ1) is 14.7. The molecule has 0 saturated carbocycles. The first-order valence-electron chi connectivity index (χ1n) is 9.57. The van der Waals surface area contributed by atoms with Gasteiger partial charge in [0.15, 0.2) is 0 Å². The van der Waals surface area contributed by atoms with Gasteiger partial charge < -0.3 is 5.32 Å². The summed E-state index contributed by atoms with van der Waals surface area (Å²) in [7, 11) is -3.62. The molecule has 162 valence electrons. The number of sulfonamides is 1. The molecule has 0 aromatic heterocycles. The van der Waals surface area contributed by atoms with E-state index in [0.29, 0.717) is 29.1 Å². The van der Waals surface area contributed by atoms with Crippen LogP contribution in [-0.2, 0) is 23.0 Å². The van der Waals surface area contributed by atoms with Gasteiger partial charge in [-0.1, -0.05) is 41.9 Å². The predicted octanol–water partition coefficient (Wildman–Crippen LogP) is 4.42. The zero-order chi connectivity index (χ0) is 22.4. The molecule has 0 bridgehead atoms. The van der Waals surface area contributed by atoms with E-state index in [9.17, 15) is 17.6 Å². The molecule has 3 aromatic carbocycles. The molecule has 0 aliphatic rings. The van der Waals surface area contributed by atoms with Gasteiger partial charge in [0.1, 0.15) is 5.82 Å². The number of hydrogen-bond donors (Lipinski definition) is 1. The van der Waals surface area contributed by atoms with Crippen LogP contribution in [-0.4, -0.2) is 27.1 Å². The first-order valence-corrected chi connectivity index (χ1v) is 11.8. The summed E-state index contributed by atoms with van der Waals surface area (Å²) in [6.45, 7) is 0.504. The smallest absolute Gasteiger partial charge is 0.251 e. The maximum Gasteiger partial charge on any atom is 0.251 e. The van der Waals surface area contributed by atoms with Crippen LogP contribution in [0.3, 0.4) is 0 Å². The van der Waals surface area contributed by atoms with Gasteiger partial charge in [-0.15, -0.1) is 0 Å². The molecule has 1 N–H and O–H groups in total. The van der Waals surface area contributed by atoms with E-state index in [0.717, 1.165) is 16.1 Å². The van der Waals surface area contributed by atoms with Crippen molar-refractivity contribution in [3.05, 3.63) is 100 Å². The molecule has 0 fully saturated rings. The Hall–Kier alpha value is -2.90. The Labute approximate surface area is 186 Å². The highest BCUT2D eigenvalue weighted by Gasteiger charge is 2.18. The summed E-state index contributed by atoms with van der Waals surface area (Å²) >= 11 is 5.86. The van der Waals surface area contributed by atoms with Crippen molar-refractivity contribution < 1.29 is 17.6 Å². The Kier molecular flexibility index (Phi) is 7.30. The van der Waals surface area contributed by atoms with Crippen LogP contribution in [0.4, 0.5) is 10.1 Å². The summed E-state index contributed by atoms with van der Waals surface area (Å²) in [5.74, 6) is -0.734. The number of nitrogens with one attached hydrogen (secondary N) is 1. The van der Waals surface area contributed by atoms with Crippen LogP contribution in [0.15, 0.2) is 72.8 Å².